The number of rotatable bonds is 2. The van der Waals surface area contributed by atoms with Gasteiger partial charge < -0.3 is 4.90 Å². The molecule has 0 N–H and O–H groups in total. The largest absolute Gasteiger partial charge is 0.417 e. The lowest BCUT2D eigenvalue weighted by Crippen LogP contribution is -2.36. The van der Waals surface area contributed by atoms with Gasteiger partial charge in [0.15, 0.2) is 5.65 Å². The van der Waals surface area contributed by atoms with Gasteiger partial charge >= 0.3 is 6.18 Å². The summed E-state index contributed by atoms with van der Waals surface area (Å²) in [4.78, 5) is 19.4. The highest BCUT2D eigenvalue weighted by atomic mass is 35.5. The van der Waals surface area contributed by atoms with Crippen molar-refractivity contribution in [3.8, 4) is 0 Å². The third-order valence-electron chi connectivity index (χ3n) is 4.97. The Bertz CT molecular complexity index is 1070. The van der Waals surface area contributed by atoms with Gasteiger partial charge in [-0.3, -0.25) is 9.20 Å². The highest BCUT2D eigenvalue weighted by Gasteiger charge is 2.34. The Kier molecular flexibility index (Phi) is 4.57. The van der Waals surface area contributed by atoms with E-state index in [1.807, 2.05) is 24.3 Å². The van der Waals surface area contributed by atoms with E-state index >= 15 is 0 Å². The number of para-hydroxylation sites is 1. The summed E-state index contributed by atoms with van der Waals surface area (Å²) >= 11 is 6.07. The van der Waals surface area contributed by atoms with E-state index in [4.69, 9.17) is 11.6 Å². The number of amides is 1. The average molecular weight is 408 g/mol. The molecule has 0 radical (unpaired) electrons. The molecule has 1 aliphatic heterocycles. The van der Waals surface area contributed by atoms with E-state index < -0.39 is 11.7 Å². The number of carbonyl (C=O) groups excluding carboxylic acids is 1. The van der Waals surface area contributed by atoms with Gasteiger partial charge in [-0.1, -0.05) is 36.7 Å². The molecule has 0 atom stereocenters. The van der Waals surface area contributed by atoms with Crippen molar-refractivity contribution in [1.29, 1.82) is 0 Å². The molecular weight excluding hydrogens is 391 g/mol. The number of benzene rings is 1. The third-order valence-corrected chi connectivity index (χ3v) is 5.25. The van der Waals surface area contributed by atoms with Crippen molar-refractivity contribution < 1.29 is 18.0 Å². The maximum absolute atomic E-state index is 13.4. The fraction of sp³-hybridized carbons (Fsp3) is 0.300. The molecule has 146 valence electrons. The number of carbonyl (C=O) groups is 1. The number of aryl methyl sites for hydroxylation is 2. The summed E-state index contributed by atoms with van der Waals surface area (Å²) < 4.78 is 41.0. The first kappa shape index (κ1) is 18.8. The van der Waals surface area contributed by atoms with Crippen LogP contribution in [0.5, 0.6) is 0 Å². The van der Waals surface area contributed by atoms with E-state index in [1.54, 1.807) is 11.8 Å². The van der Waals surface area contributed by atoms with Crippen LogP contribution in [0, 0.1) is 0 Å². The predicted molar refractivity (Wildman–Crippen MR) is 101 cm³/mol. The monoisotopic (exact) mass is 407 g/mol. The number of anilines is 1. The Labute approximate surface area is 164 Å². The summed E-state index contributed by atoms with van der Waals surface area (Å²) in [6.07, 6.45) is -1.63. The van der Waals surface area contributed by atoms with Gasteiger partial charge in [0.2, 0.25) is 0 Å². The second-order valence-corrected chi connectivity index (χ2v) is 7.12. The molecule has 4 nitrogen and oxygen atoms in total. The molecule has 0 bridgehead atoms. The lowest BCUT2D eigenvalue weighted by Gasteiger charge is -2.29. The molecule has 3 heterocycles. The van der Waals surface area contributed by atoms with Crippen LogP contribution in [0.1, 0.15) is 40.7 Å². The molecule has 1 aromatic carbocycles. The maximum atomic E-state index is 13.4. The summed E-state index contributed by atoms with van der Waals surface area (Å²) in [5.74, 6) is -0.369. The van der Waals surface area contributed by atoms with Crippen molar-refractivity contribution in [2.45, 2.75) is 32.4 Å². The Hall–Kier alpha value is -2.54. The van der Waals surface area contributed by atoms with Crippen LogP contribution in [0.4, 0.5) is 18.9 Å². The first-order valence-corrected chi connectivity index (χ1v) is 9.36. The van der Waals surface area contributed by atoms with Crippen LogP contribution in [0.2, 0.25) is 5.02 Å². The number of alkyl halides is 3. The first-order chi connectivity index (χ1) is 13.3. The normalized spacial score (nSPS) is 14.4. The third kappa shape index (κ3) is 3.03. The SMILES string of the molecule is CCc1nc2c(Cl)cc(C(F)(F)F)cn2c1C(=O)N1CCCc2ccccc21. The number of pyridine rings is 1. The molecule has 0 spiro atoms. The van der Waals surface area contributed by atoms with Gasteiger partial charge in [0.05, 0.1) is 16.3 Å². The minimum absolute atomic E-state index is 0.127. The number of halogens is 4. The van der Waals surface area contributed by atoms with Crippen molar-refractivity contribution in [3.05, 3.63) is 64.1 Å². The molecule has 0 unspecified atom stereocenters. The van der Waals surface area contributed by atoms with Crippen molar-refractivity contribution in [2.24, 2.45) is 0 Å². The van der Waals surface area contributed by atoms with E-state index in [2.05, 4.69) is 4.98 Å². The topological polar surface area (TPSA) is 37.6 Å². The van der Waals surface area contributed by atoms with Crippen LogP contribution >= 0.6 is 11.6 Å². The number of nitrogens with zero attached hydrogens (tertiary/aromatic N) is 3. The standard InChI is InChI=1S/C20H17ClF3N3O/c1-2-15-17(19(28)26-9-5-7-12-6-3-4-8-16(12)26)27-11-13(20(22,23)24)10-14(21)18(27)25-15/h3-4,6,8,10-11H,2,5,7,9H2,1H3. The van der Waals surface area contributed by atoms with E-state index in [0.29, 0.717) is 18.7 Å². The first-order valence-electron chi connectivity index (χ1n) is 8.98. The molecule has 0 fully saturated rings. The van der Waals surface area contributed by atoms with Gasteiger partial charge in [0, 0.05) is 18.4 Å². The van der Waals surface area contributed by atoms with E-state index in [-0.39, 0.29) is 22.3 Å². The summed E-state index contributed by atoms with van der Waals surface area (Å²) in [6.45, 7) is 2.31. The van der Waals surface area contributed by atoms with Crippen molar-refractivity contribution in [1.82, 2.24) is 9.38 Å². The highest BCUT2D eigenvalue weighted by Crippen LogP contribution is 2.34. The molecule has 3 aromatic rings. The fourth-order valence-electron chi connectivity index (χ4n) is 3.65. The molecule has 0 aliphatic carbocycles. The van der Waals surface area contributed by atoms with Gasteiger partial charge in [-0.15, -0.1) is 0 Å². The molecule has 0 saturated heterocycles. The second-order valence-electron chi connectivity index (χ2n) is 6.72. The lowest BCUT2D eigenvalue weighted by atomic mass is 10.0. The fourth-order valence-corrected chi connectivity index (χ4v) is 3.90. The Balaban J connectivity index is 1.91. The van der Waals surface area contributed by atoms with Gasteiger partial charge in [-0.05, 0) is 37.0 Å². The maximum Gasteiger partial charge on any atom is 0.417 e. The van der Waals surface area contributed by atoms with Gasteiger partial charge in [0.1, 0.15) is 5.69 Å². The second kappa shape index (κ2) is 6.81. The van der Waals surface area contributed by atoms with Crippen LogP contribution in [0.15, 0.2) is 36.5 Å². The number of aromatic nitrogens is 2. The number of hydrogen-bond acceptors (Lipinski definition) is 2. The Morgan fingerprint density at radius 2 is 2.04 bits per heavy atom. The zero-order chi connectivity index (χ0) is 20.1. The van der Waals surface area contributed by atoms with Crippen LogP contribution in [0.25, 0.3) is 5.65 Å². The smallest absolute Gasteiger partial charge is 0.307 e. The summed E-state index contributed by atoms with van der Waals surface area (Å²) in [5, 5.41) is -0.136. The quantitative estimate of drug-likeness (QED) is 0.588. The van der Waals surface area contributed by atoms with Gasteiger partial charge in [-0.2, -0.15) is 13.2 Å². The number of fused-ring (bicyclic) bond motifs is 2. The summed E-state index contributed by atoms with van der Waals surface area (Å²) in [6, 6.07) is 8.41. The number of imidazole rings is 1. The van der Waals surface area contributed by atoms with E-state index in [0.717, 1.165) is 36.4 Å². The zero-order valence-electron chi connectivity index (χ0n) is 15.1. The van der Waals surface area contributed by atoms with E-state index in [1.165, 1.54) is 4.40 Å². The van der Waals surface area contributed by atoms with Gasteiger partial charge in [-0.25, -0.2) is 4.98 Å². The summed E-state index contributed by atoms with van der Waals surface area (Å²) in [5.41, 5.74) is 1.62. The minimum Gasteiger partial charge on any atom is -0.307 e. The van der Waals surface area contributed by atoms with Crippen LogP contribution in [-0.4, -0.2) is 21.8 Å². The molecule has 4 rings (SSSR count). The van der Waals surface area contributed by atoms with Gasteiger partial charge in [0.25, 0.3) is 5.91 Å². The molecule has 2 aromatic heterocycles. The minimum atomic E-state index is -4.58. The molecule has 0 saturated carbocycles. The summed E-state index contributed by atoms with van der Waals surface area (Å²) in [7, 11) is 0. The van der Waals surface area contributed by atoms with Crippen LogP contribution in [0.3, 0.4) is 0 Å². The Morgan fingerprint density at radius 3 is 2.75 bits per heavy atom. The predicted octanol–water partition coefficient (Wildman–Crippen LogP) is 5.16. The molecular formula is C20H17ClF3N3O. The Morgan fingerprint density at radius 1 is 1.29 bits per heavy atom. The van der Waals surface area contributed by atoms with Crippen molar-refractivity contribution in [3.63, 3.8) is 0 Å². The molecule has 1 aliphatic rings. The van der Waals surface area contributed by atoms with Crippen molar-refractivity contribution >= 4 is 28.8 Å². The van der Waals surface area contributed by atoms with Crippen LogP contribution in [-0.2, 0) is 19.0 Å². The van der Waals surface area contributed by atoms with Crippen LogP contribution < -0.4 is 4.90 Å². The zero-order valence-corrected chi connectivity index (χ0v) is 15.8. The molecule has 1 amide bonds. The molecule has 28 heavy (non-hydrogen) atoms. The highest BCUT2D eigenvalue weighted by molar-refractivity contribution is 6.33. The van der Waals surface area contributed by atoms with E-state index in [9.17, 15) is 18.0 Å². The van der Waals surface area contributed by atoms with Crippen molar-refractivity contribution in [2.75, 3.05) is 11.4 Å². The number of hydrogen-bond donors (Lipinski definition) is 0. The lowest BCUT2D eigenvalue weighted by molar-refractivity contribution is -0.137. The molecule has 8 heteroatoms. The average Bonchev–Trinajstić information content (AvgIpc) is 3.05.